The first-order valence-corrected chi connectivity index (χ1v) is 4.40. The molecule has 3 heteroatoms. The molecule has 14 heavy (non-hydrogen) atoms. The van der Waals surface area contributed by atoms with Crippen molar-refractivity contribution < 1.29 is 13.5 Å². The van der Waals surface area contributed by atoms with Crippen LogP contribution in [0.1, 0.15) is 12.5 Å². The fourth-order valence-corrected chi connectivity index (χ4v) is 1.23. The van der Waals surface area contributed by atoms with E-state index >= 15 is 0 Å². The standard InChI is InChI=1S/C11H12F2O/c1-3-5-8-6-9(12)7-10(13)11(8)14-4-2/h3,6-7H,1,4-5H2,2H3. The topological polar surface area (TPSA) is 9.23 Å². The monoisotopic (exact) mass is 198 g/mol. The predicted molar refractivity (Wildman–Crippen MR) is 51.4 cm³/mol. The molecular weight excluding hydrogens is 186 g/mol. The number of ether oxygens (including phenoxy) is 1. The molecule has 0 heterocycles. The molecule has 0 bridgehead atoms. The smallest absolute Gasteiger partial charge is 0.168 e. The van der Waals surface area contributed by atoms with Crippen LogP contribution in [0.5, 0.6) is 5.75 Å². The number of benzene rings is 1. The van der Waals surface area contributed by atoms with E-state index in [9.17, 15) is 8.78 Å². The lowest BCUT2D eigenvalue weighted by Gasteiger charge is -2.09. The number of rotatable bonds is 4. The molecule has 0 saturated carbocycles. The zero-order chi connectivity index (χ0) is 10.6. The Balaban J connectivity index is 3.13. The van der Waals surface area contributed by atoms with Crippen LogP contribution in [-0.4, -0.2) is 6.61 Å². The molecule has 0 aliphatic heterocycles. The Hall–Kier alpha value is -1.38. The van der Waals surface area contributed by atoms with Gasteiger partial charge in [0.25, 0.3) is 0 Å². The van der Waals surface area contributed by atoms with Crippen LogP contribution < -0.4 is 4.74 Å². The number of hydrogen-bond acceptors (Lipinski definition) is 1. The van der Waals surface area contributed by atoms with Crippen molar-refractivity contribution in [2.75, 3.05) is 6.61 Å². The van der Waals surface area contributed by atoms with E-state index in [4.69, 9.17) is 4.74 Å². The summed E-state index contributed by atoms with van der Waals surface area (Å²) in [7, 11) is 0. The quantitative estimate of drug-likeness (QED) is 0.675. The van der Waals surface area contributed by atoms with Crippen molar-refractivity contribution in [3.8, 4) is 5.75 Å². The van der Waals surface area contributed by atoms with Crippen molar-refractivity contribution >= 4 is 0 Å². The van der Waals surface area contributed by atoms with E-state index in [2.05, 4.69) is 6.58 Å². The minimum atomic E-state index is -0.663. The first-order valence-electron chi connectivity index (χ1n) is 4.40. The van der Waals surface area contributed by atoms with Crippen LogP contribution >= 0.6 is 0 Å². The van der Waals surface area contributed by atoms with E-state index in [1.54, 1.807) is 13.0 Å². The molecule has 0 N–H and O–H groups in total. The minimum Gasteiger partial charge on any atom is -0.491 e. The Labute approximate surface area is 82.0 Å². The molecule has 0 atom stereocenters. The Morgan fingerprint density at radius 3 is 2.71 bits per heavy atom. The van der Waals surface area contributed by atoms with Crippen LogP contribution in [0.3, 0.4) is 0 Å². The first-order chi connectivity index (χ1) is 6.69. The van der Waals surface area contributed by atoms with E-state index in [1.165, 1.54) is 6.07 Å². The van der Waals surface area contributed by atoms with Gasteiger partial charge < -0.3 is 4.74 Å². The van der Waals surface area contributed by atoms with E-state index in [0.29, 0.717) is 18.6 Å². The van der Waals surface area contributed by atoms with Gasteiger partial charge in [0.2, 0.25) is 0 Å². The molecule has 1 aromatic rings. The Bertz CT molecular complexity index is 334. The molecular formula is C11H12F2O. The Morgan fingerprint density at radius 2 is 2.14 bits per heavy atom. The largest absolute Gasteiger partial charge is 0.491 e. The number of allylic oxidation sites excluding steroid dienone is 1. The molecule has 1 aromatic carbocycles. The van der Waals surface area contributed by atoms with Crippen LogP contribution in [-0.2, 0) is 6.42 Å². The van der Waals surface area contributed by atoms with Gasteiger partial charge in [-0.2, -0.15) is 0 Å². The SMILES string of the molecule is C=CCc1cc(F)cc(F)c1OCC. The lowest BCUT2D eigenvalue weighted by atomic mass is 10.1. The average molecular weight is 198 g/mol. The van der Waals surface area contributed by atoms with Crippen LogP contribution in [0.2, 0.25) is 0 Å². The highest BCUT2D eigenvalue weighted by Crippen LogP contribution is 2.24. The summed E-state index contributed by atoms with van der Waals surface area (Å²) >= 11 is 0. The Kier molecular flexibility index (Phi) is 3.63. The van der Waals surface area contributed by atoms with E-state index in [1.807, 2.05) is 0 Å². The summed E-state index contributed by atoms with van der Waals surface area (Å²) in [5.41, 5.74) is 0.486. The van der Waals surface area contributed by atoms with Gasteiger partial charge in [-0.15, -0.1) is 6.58 Å². The van der Waals surface area contributed by atoms with Crippen LogP contribution in [0.4, 0.5) is 8.78 Å². The lowest BCUT2D eigenvalue weighted by molar-refractivity contribution is 0.317. The fraction of sp³-hybridized carbons (Fsp3) is 0.273. The van der Waals surface area contributed by atoms with Crippen molar-refractivity contribution in [3.63, 3.8) is 0 Å². The van der Waals surface area contributed by atoms with E-state index in [-0.39, 0.29) is 5.75 Å². The van der Waals surface area contributed by atoms with Gasteiger partial charge in [-0.1, -0.05) is 6.08 Å². The highest BCUT2D eigenvalue weighted by atomic mass is 19.1. The van der Waals surface area contributed by atoms with Gasteiger partial charge in [0.05, 0.1) is 6.61 Å². The molecule has 1 nitrogen and oxygen atoms in total. The van der Waals surface area contributed by atoms with E-state index in [0.717, 1.165) is 6.07 Å². The van der Waals surface area contributed by atoms with Gasteiger partial charge in [0, 0.05) is 11.6 Å². The third-order valence-electron chi connectivity index (χ3n) is 1.74. The zero-order valence-corrected chi connectivity index (χ0v) is 8.02. The lowest BCUT2D eigenvalue weighted by Crippen LogP contribution is -2.00. The van der Waals surface area contributed by atoms with Gasteiger partial charge in [-0.05, 0) is 19.4 Å². The van der Waals surface area contributed by atoms with Crippen molar-refractivity contribution in [2.24, 2.45) is 0 Å². The van der Waals surface area contributed by atoms with Gasteiger partial charge >= 0.3 is 0 Å². The maximum absolute atomic E-state index is 13.2. The van der Waals surface area contributed by atoms with Crippen LogP contribution in [0, 0.1) is 11.6 Å². The summed E-state index contributed by atoms with van der Waals surface area (Å²) < 4.78 is 31.1. The molecule has 0 fully saturated rings. The summed E-state index contributed by atoms with van der Waals surface area (Å²) in [4.78, 5) is 0. The van der Waals surface area contributed by atoms with Crippen molar-refractivity contribution in [2.45, 2.75) is 13.3 Å². The maximum atomic E-state index is 13.2. The molecule has 0 unspecified atom stereocenters. The second-order valence-electron chi connectivity index (χ2n) is 2.80. The molecule has 0 saturated heterocycles. The van der Waals surface area contributed by atoms with Crippen molar-refractivity contribution in [3.05, 3.63) is 42.0 Å². The molecule has 0 radical (unpaired) electrons. The average Bonchev–Trinajstić information content (AvgIpc) is 2.11. The summed E-state index contributed by atoms with van der Waals surface area (Å²) in [5, 5.41) is 0. The van der Waals surface area contributed by atoms with Gasteiger partial charge in [-0.25, -0.2) is 8.78 Å². The maximum Gasteiger partial charge on any atom is 0.168 e. The molecule has 76 valence electrons. The van der Waals surface area contributed by atoms with Gasteiger partial charge in [0.1, 0.15) is 5.82 Å². The molecule has 1 rings (SSSR count). The van der Waals surface area contributed by atoms with Crippen LogP contribution in [0.15, 0.2) is 24.8 Å². The van der Waals surface area contributed by atoms with Crippen molar-refractivity contribution in [1.29, 1.82) is 0 Å². The summed E-state index contributed by atoms with van der Waals surface area (Å²) in [5.74, 6) is -1.14. The number of halogens is 2. The summed E-state index contributed by atoms with van der Waals surface area (Å²) in [6.45, 7) is 5.62. The minimum absolute atomic E-state index is 0.119. The summed E-state index contributed by atoms with van der Waals surface area (Å²) in [6.07, 6.45) is 1.97. The molecule has 0 aromatic heterocycles. The second-order valence-corrected chi connectivity index (χ2v) is 2.80. The Morgan fingerprint density at radius 1 is 1.43 bits per heavy atom. The highest BCUT2D eigenvalue weighted by molar-refractivity contribution is 5.36. The number of hydrogen-bond donors (Lipinski definition) is 0. The molecule has 0 amide bonds. The first kappa shape index (κ1) is 10.7. The second kappa shape index (κ2) is 4.74. The van der Waals surface area contributed by atoms with E-state index < -0.39 is 11.6 Å². The summed E-state index contributed by atoms with van der Waals surface area (Å²) in [6, 6.07) is 2.08. The normalized spacial score (nSPS) is 9.93. The van der Waals surface area contributed by atoms with Gasteiger partial charge in [0.15, 0.2) is 11.6 Å². The fourth-order valence-electron chi connectivity index (χ4n) is 1.23. The highest BCUT2D eigenvalue weighted by Gasteiger charge is 2.10. The molecule has 0 aliphatic rings. The van der Waals surface area contributed by atoms with Crippen LogP contribution in [0.25, 0.3) is 0 Å². The molecule has 0 spiro atoms. The van der Waals surface area contributed by atoms with Crippen molar-refractivity contribution in [1.82, 2.24) is 0 Å². The third kappa shape index (κ3) is 2.31. The third-order valence-corrected chi connectivity index (χ3v) is 1.74. The van der Waals surface area contributed by atoms with Gasteiger partial charge in [-0.3, -0.25) is 0 Å². The molecule has 0 aliphatic carbocycles. The predicted octanol–water partition coefficient (Wildman–Crippen LogP) is 3.09. The zero-order valence-electron chi connectivity index (χ0n) is 8.02.